The lowest BCUT2D eigenvalue weighted by molar-refractivity contribution is 0.222. The highest BCUT2D eigenvalue weighted by molar-refractivity contribution is 7.89. The average molecular weight is 283 g/mol. The smallest absolute Gasteiger partial charge is 0.245 e. The number of piperidine rings is 1. The first-order chi connectivity index (χ1) is 8.95. The SMILES string of the molecule is CC1CC(C)CN(S(=O)(=O)c2ccccc2NN)C1. The van der Waals surface area contributed by atoms with Crippen molar-refractivity contribution in [2.75, 3.05) is 18.5 Å². The van der Waals surface area contributed by atoms with Gasteiger partial charge in [-0.3, -0.25) is 5.84 Å². The third-order valence-corrected chi connectivity index (χ3v) is 5.39. The zero-order valence-corrected chi connectivity index (χ0v) is 12.2. The molecule has 1 aliphatic rings. The van der Waals surface area contributed by atoms with Gasteiger partial charge in [0.05, 0.1) is 5.69 Å². The van der Waals surface area contributed by atoms with Crippen LogP contribution in [0.15, 0.2) is 29.2 Å². The topological polar surface area (TPSA) is 75.4 Å². The van der Waals surface area contributed by atoms with Gasteiger partial charge in [-0.25, -0.2) is 8.42 Å². The van der Waals surface area contributed by atoms with E-state index in [9.17, 15) is 8.42 Å². The molecule has 0 amide bonds. The number of hydrogen-bond donors (Lipinski definition) is 2. The van der Waals surface area contributed by atoms with Crippen LogP contribution in [0.25, 0.3) is 0 Å². The minimum atomic E-state index is -3.48. The van der Waals surface area contributed by atoms with Crippen LogP contribution in [0.5, 0.6) is 0 Å². The summed E-state index contributed by atoms with van der Waals surface area (Å²) < 4.78 is 26.9. The highest BCUT2D eigenvalue weighted by atomic mass is 32.2. The van der Waals surface area contributed by atoms with Crippen LogP contribution in [0.1, 0.15) is 20.3 Å². The number of para-hydroxylation sites is 1. The molecule has 1 aliphatic heterocycles. The Morgan fingerprint density at radius 2 is 1.79 bits per heavy atom. The lowest BCUT2D eigenvalue weighted by Crippen LogP contribution is -2.42. The van der Waals surface area contributed by atoms with Gasteiger partial charge in [0.1, 0.15) is 4.90 Å². The molecule has 0 radical (unpaired) electrons. The lowest BCUT2D eigenvalue weighted by atomic mass is 9.94. The summed E-state index contributed by atoms with van der Waals surface area (Å²) in [7, 11) is -3.48. The molecule has 0 saturated carbocycles. The molecule has 0 spiro atoms. The van der Waals surface area contributed by atoms with E-state index >= 15 is 0 Å². The van der Waals surface area contributed by atoms with E-state index in [1.807, 2.05) is 0 Å². The molecule has 0 aliphatic carbocycles. The second-order valence-corrected chi connectivity index (χ2v) is 7.31. The van der Waals surface area contributed by atoms with E-state index in [1.54, 1.807) is 28.6 Å². The first-order valence-corrected chi connectivity index (χ1v) is 7.95. The number of nitrogens with zero attached hydrogens (tertiary/aromatic N) is 1. The maximum Gasteiger partial charge on any atom is 0.245 e. The molecule has 5 nitrogen and oxygen atoms in total. The van der Waals surface area contributed by atoms with Crippen molar-refractivity contribution >= 4 is 15.7 Å². The monoisotopic (exact) mass is 283 g/mol. The molecule has 0 aromatic heterocycles. The fraction of sp³-hybridized carbons (Fsp3) is 0.538. The van der Waals surface area contributed by atoms with Gasteiger partial charge in [-0.1, -0.05) is 26.0 Å². The van der Waals surface area contributed by atoms with Gasteiger partial charge in [0.25, 0.3) is 0 Å². The summed E-state index contributed by atoms with van der Waals surface area (Å²) in [4.78, 5) is 0.249. The molecule has 1 aromatic carbocycles. The van der Waals surface area contributed by atoms with Gasteiger partial charge < -0.3 is 5.43 Å². The van der Waals surface area contributed by atoms with Crippen LogP contribution in [0.3, 0.4) is 0 Å². The third-order valence-electron chi connectivity index (χ3n) is 3.50. The van der Waals surface area contributed by atoms with Gasteiger partial charge in [0.15, 0.2) is 0 Å². The molecular weight excluding hydrogens is 262 g/mol. The van der Waals surface area contributed by atoms with E-state index in [0.29, 0.717) is 30.6 Å². The lowest BCUT2D eigenvalue weighted by Gasteiger charge is -2.34. The molecule has 2 rings (SSSR count). The van der Waals surface area contributed by atoms with Crippen molar-refractivity contribution in [2.24, 2.45) is 17.7 Å². The second-order valence-electron chi connectivity index (χ2n) is 5.41. The van der Waals surface area contributed by atoms with Crippen LogP contribution < -0.4 is 11.3 Å². The number of nitrogens with two attached hydrogens (primary N) is 1. The van der Waals surface area contributed by atoms with Crippen LogP contribution in [0.2, 0.25) is 0 Å². The van der Waals surface area contributed by atoms with Crippen molar-refractivity contribution in [2.45, 2.75) is 25.2 Å². The number of nitrogens with one attached hydrogen (secondary N) is 1. The molecule has 1 aromatic rings. The van der Waals surface area contributed by atoms with Crippen LogP contribution in [0.4, 0.5) is 5.69 Å². The van der Waals surface area contributed by atoms with Gasteiger partial charge >= 0.3 is 0 Å². The Morgan fingerprint density at radius 3 is 2.37 bits per heavy atom. The minimum Gasteiger partial charge on any atom is -0.323 e. The summed E-state index contributed by atoms with van der Waals surface area (Å²) in [6.45, 7) is 5.33. The molecular formula is C13H21N3O2S. The fourth-order valence-electron chi connectivity index (χ4n) is 2.75. The number of benzene rings is 1. The van der Waals surface area contributed by atoms with Gasteiger partial charge in [-0.2, -0.15) is 4.31 Å². The standard InChI is InChI=1S/C13H21N3O2S/c1-10-7-11(2)9-16(8-10)19(17,18)13-6-4-3-5-12(13)15-14/h3-6,10-11,15H,7-9,14H2,1-2H3. The van der Waals surface area contributed by atoms with E-state index in [2.05, 4.69) is 19.3 Å². The van der Waals surface area contributed by atoms with Crippen molar-refractivity contribution in [1.82, 2.24) is 4.31 Å². The molecule has 19 heavy (non-hydrogen) atoms. The van der Waals surface area contributed by atoms with Gasteiger partial charge in [-0.15, -0.1) is 0 Å². The van der Waals surface area contributed by atoms with E-state index in [1.165, 1.54) is 0 Å². The summed E-state index contributed by atoms with van der Waals surface area (Å²) in [5.41, 5.74) is 2.90. The quantitative estimate of drug-likeness (QED) is 0.653. The Morgan fingerprint density at radius 1 is 1.21 bits per heavy atom. The van der Waals surface area contributed by atoms with Crippen LogP contribution in [-0.4, -0.2) is 25.8 Å². The van der Waals surface area contributed by atoms with E-state index < -0.39 is 10.0 Å². The molecule has 2 atom stereocenters. The number of hydrogen-bond acceptors (Lipinski definition) is 4. The first-order valence-electron chi connectivity index (χ1n) is 6.51. The molecule has 2 unspecified atom stereocenters. The maximum absolute atomic E-state index is 12.7. The number of anilines is 1. The molecule has 106 valence electrons. The Kier molecular flexibility index (Phi) is 4.13. The Bertz CT molecular complexity index is 535. The maximum atomic E-state index is 12.7. The fourth-order valence-corrected chi connectivity index (χ4v) is 4.59. The van der Waals surface area contributed by atoms with Crippen molar-refractivity contribution in [3.63, 3.8) is 0 Å². The predicted molar refractivity (Wildman–Crippen MR) is 76.0 cm³/mol. The van der Waals surface area contributed by atoms with Crippen molar-refractivity contribution < 1.29 is 8.42 Å². The van der Waals surface area contributed by atoms with E-state index in [-0.39, 0.29) is 4.90 Å². The van der Waals surface area contributed by atoms with Gasteiger partial charge in [-0.05, 0) is 30.4 Å². The zero-order chi connectivity index (χ0) is 14.0. The summed E-state index contributed by atoms with van der Waals surface area (Å²) in [6.07, 6.45) is 1.07. The van der Waals surface area contributed by atoms with Crippen molar-refractivity contribution in [3.05, 3.63) is 24.3 Å². The molecule has 1 heterocycles. The summed E-state index contributed by atoms with van der Waals surface area (Å²) in [5, 5.41) is 0. The largest absolute Gasteiger partial charge is 0.323 e. The van der Waals surface area contributed by atoms with Gasteiger partial charge in [0, 0.05) is 13.1 Å². The Balaban J connectivity index is 2.36. The predicted octanol–water partition coefficient (Wildman–Crippen LogP) is 1.64. The van der Waals surface area contributed by atoms with Gasteiger partial charge in [0.2, 0.25) is 10.0 Å². The summed E-state index contributed by atoms with van der Waals surface area (Å²) in [5.74, 6) is 6.17. The van der Waals surface area contributed by atoms with E-state index in [0.717, 1.165) is 6.42 Å². The van der Waals surface area contributed by atoms with Crippen molar-refractivity contribution in [1.29, 1.82) is 0 Å². The third kappa shape index (κ3) is 2.91. The number of rotatable bonds is 3. The molecule has 3 N–H and O–H groups in total. The molecule has 6 heteroatoms. The molecule has 1 saturated heterocycles. The molecule has 1 fully saturated rings. The number of sulfonamides is 1. The van der Waals surface area contributed by atoms with Crippen molar-refractivity contribution in [3.8, 4) is 0 Å². The highest BCUT2D eigenvalue weighted by Crippen LogP contribution is 2.29. The second kappa shape index (κ2) is 5.48. The Labute approximate surface area is 114 Å². The normalized spacial score (nSPS) is 25.2. The Hall–Kier alpha value is -1.11. The highest BCUT2D eigenvalue weighted by Gasteiger charge is 2.32. The average Bonchev–Trinajstić information content (AvgIpc) is 2.37. The molecule has 0 bridgehead atoms. The minimum absolute atomic E-state index is 0.249. The number of hydrazine groups is 1. The van der Waals surface area contributed by atoms with Crippen LogP contribution >= 0.6 is 0 Å². The number of nitrogen functional groups attached to an aromatic ring is 1. The summed E-state index contributed by atoms with van der Waals surface area (Å²) >= 11 is 0. The van der Waals surface area contributed by atoms with Crippen LogP contribution in [-0.2, 0) is 10.0 Å². The zero-order valence-electron chi connectivity index (χ0n) is 11.3. The van der Waals surface area contributed by atoms with Crippen LogP contribution in [0, 0.1) is 11.8 Å². The van der Waals surface area contributed by atoms with E-state index in [4.69, 9.17) is 5.84 Å². The summed E-state index contributed by atoms with van der Waals surface area (Å²) in [6, 6.07) is 6.73. The first kappa shape index (κ1) is 14.3.